The number of rotatable bonds is 2. The van der Waals surface area contributed by atoms with Crippen LogP contribution in [-0.2, 0) is 9.53 Å². The van der Waals surface area contributed by atoms with E-state index in [1.165, 1.54) is 0 Å². The fourth-order valence-electron chi connectivity index (χ4n) is 1.64. The molecule has 2 atom stereocenters. The van der Waals surface area contributed by atoms with Crippen molar-refractivity contribution in [3.63, 3.8) is 0 Å². The lowest BCUT2D eigenvalue weighted by Gasteiger charge is -2.25. The first-order valence-electron chi connectivity index (χ1n) is 4.60. The molecule has 0 spiro atoms. The van der Waals surface area contributed by atoms with E-state index in [0.29, 0.717) is 6.61 Å². The molecule has 0 amide bonds. The first kappa shape index (κ1) is 9.52. The number of aliphatic hydroxyl groups excluding tert-OH is 1. The summed E-state index contributed by atoms with van der Waals surface area (Å²) in [7, 11) is 0. The molecular formula is C9H16O3. The summed E-state index contributed by atoms with van der Waals surface area (Å²) in [5.41, 5.74) is 0. The van der Waals surface area contributed by atoms with E-state index < -0.39 is 6.10 Å². The van der Waals surface area contributed by atoms with Crippen molar-refractivity contribution in [1.29, 1.82) is 0 Å². The Hall–Kier alpha value is -0.570. The van der Waals surface area contributed by atoms with Gasteiger partial charge in [-0.1, -0.05) is 12.8 Å². The predicted molar refractivity (Wildman–Crippen MR) is 44.6 cm³/mol. The van der Waals surface area contributed by atoms with Crippen LogP contribution in [0.1, 0.15) is 32.6 Å². The van der Waals surface area contributed by atoms with Crippen LogP contribution in [0.25, 0.3) is 0 Å². The van der Waals surface area contributed by atoms with Crippen molar-refractivity contribution in [2.75, 3.05) is 6.61 Å². The molecule has 0 bridgehead atoms. The van der Waals surface area contributed by atoms with Gasteiger partial charge in [-0.2, -0.15) is 0 Å². The minimum Gasteiger partial charge on any atom is -0.466 e. The van der Waals surface area contributed by atoms with E-state index in [4.69, 9.17) is 4.74 Å². The van der Waals surface area contributed by atoms with Crippen LogP contribution >= 0.6 is 0 Å². The molecular weight excluding hydrogens is 156 g/mol. The van der Waals surface area contributed by atoms with Gasteiger partial charge < -0.3 is 9.84 Å². The number of aliphatic hydroxyl groups is 1. The second-order valence-electron chi connectivity index (χ2n) is 3.21. The summed E-state index contributed by atoms with van der Waals surface area (Å²) in [6.07, 6.45) is 3.10. The van der Waals surface area contributed by atoms with Gasteiger partial charge in [0.2, 0.25) is 0 Å². The van der Waals surface area contributed by atoms with E-state index in [-0.39, 0.29) is 11.9 Å². The highest BCUT2D eigenvalue weighted by Crippen LogP contribution is 2.25. The van der Waals surface area contributed by atoms with Gasteiger partial charge in [0.15, 0.2) is 0 Å². The van der Waals surface area contributed by atoms with Crippen LogP contribution in [0.5, 0.6) is 0 Å². The normalized spacial score (nSPS) is 29.8. The molecule has 3 heteroatoms. The molecule has 0 radical (unpaired) electrons. The Bertz CT molecular complexity index is 156. The fraction of sp³-hybridized carbons (Fsp3) is 0.889. The molecule has 0 aromatic heterocycles. The summed E-state index contributed by atoms with van der Waals surface area (Å²) in [6.45, 7) is 2.19. The molecule has 1 fully saturated rings. The number of esters is 1. The Labute approximate surface area is 72.7 Å². The molecule has 3 nitrogen and oxygen atoms in total. The fourth-order valence-corrected chi connectivity index (χ4v) is 1.64. The van der Waals surface area contributed by atoms with E-state index in [1.807, 2.05) is 0 Å². The third-order valence-corrected chi connectivity index (χ3v) is 2.32. The van der Waals surface area contributed by atoms with E-state index >= 15 is 0 Å². The highest BCUT2D eigenvalue weighted by molar-refractivity contribution is 5.73. The lowest BCUT2D eigenvalue weighted by atomic mass is 9.87. The lowest BCUT2D eigenvalue weighted by Crippen LogP contribution is -2.32. The van der Waals surface area contributed by atoms with Gasteiger partial charge in [0, 0.05) is 0 Å². The zero-order valence-corrected chi connectivity index (χ0v) is 7.45. The van der Waals surface area contributed by atoms with Crippen molar-refractivity contribution < 1.29 is 14.6 Å². The summed E-state index contributed by atoms with van der Waals surface area (Å²) in [6, 6.07) is 0. The highest BCUT2D eigenvalue weighted by Gasteiger charge is 2.30. The van der Waals surface area contributed by atoms with Crippen LogP contribution < -0.4 is 0 Å². The average molecular weight is 172 g/mol. The van der Waals surface area contributed by atoms with Crippen molar-refractivity contribution >= 4 is 5.97 Å². The van der Waals surface area contributed by atoms with Crippen LogP contribution in [-0.4, -0.2) is 23.8 Å². The summed E-state index contributed by atoms with van der Waals surface area (Å²) in [5.74, 6) is -0.497. The van der Waals surface area contributed by atoms with Crippen LogP contribution in [0.3, 0.4) is 0 Å². The Morgan fingerprint density at radius 3 is 2.75 bits per heavy atom. The van der Waals surface area contributed by atoms with Gasteiger partial charge in [0.05, 0.1) is 18.6 Å². The number of carbonyl (C=O) groups is 1. The molecule has 0 saturated heterocycles. The quantitative estimate of drug-likeness (QED) is 0.634. The van der Waals surface area contributed by atoms with Crippen LogP contribution in [0.15, 0.2) is 0 Å². The van der Waals surface area contributed by atoms with Crippen LogP contribution in [0, 0.1) is 5.92 Å². The standard InChI is InChI=1S/C9H16O3/c1-2-12-9(11)7-5-3-4-6-8(7)10/h7-8,10H,2-6H2,1H3/t7?,8-/m0/s1. The first-order chi connectivity index (χ1) is 5.75. The summed E-state index contributed by atoms with van der Waals surface area (Å²) in [5, 5.41) is 9.47. The zero-order valence-electron chi connectivity index (χ0n) is 7.45. The largest absolute Gasteiger partial charge is 0.466 e. The highest BCUT2D eigenvalue weighted by atomic mass is 16.5. The first-order valence-corrected chi connectivity index (χ1v) is 4.60. The summed E-state index contributed by atoms with van der Waals surface area (Å²) in [4.78, 5) is 11.2. The number of hydrogen-bond donors (Lipinski definition) is 1. The number of carbonyl (C=O) groups excluding carboxylic acids is 1. The van der Waals surface area contributed by atoms with E-state index in [2.05, 4.69) is 0 Å². The molecule has 1 aliphatic carbocycles. The van der Waals surface area contributed by atoms with Crippen molar-refractivity contribution in [1.82, 2.24) is 0 Å². The Morgan fingerprint density at radius 2 is 2.17 bits per heavy atom. The smallest absolute Gasteiger partial charge is 0.311 e. The molecule has 0 heterocycles. The summed E-state index contributed by atoms with van der Waals surface area (Å²) < 4.78 is 4.85. The van der Waals surface area contributed by atoms with E-state index in [9.17, 15) is 9.90 Å². The molecule has 1 saturated carbocycles. The van der Waals surface area contributed by atoms with E-state index in [0.717, 1.165) is 25.7 Å². The molecule has 1 aliphatic rings. The molecule has 1 unspecified atom stereocenters. The van der Waals surface area contributed by atoms with Crippen molar-refractivity contribution in [2.45, 2.75) is 38.7 Å². The molecule has 70 valence electrons. The maximum Gasteiger partial charge on any atom is 0.311 e. The second kappa shape index (κ2) is 4.45. The predicted octanol–water partition coefficient (Wildman–Crippen LogP) is 1.10. The SMILES string of the molecule is CCOC(=O)C1CCCC[C@@H]1O. The van der Waals surface area contributed by atoms with Crippen molar-refractivity contribution in [3.8, 4) is 0 Å². The monoisotopic (exact) mass is 172 g/mol. The summed E-state index contributed by atoms with van der Waals surface area (Å²) >= 11 is 0. The van der Waals surface area contributed by atoms with Crippen molar-refractivity contribution in [3.05, 3.63) is 0 Å². The number of hydrogen-bond acceptors (Lipinski definition) is 3. The van der Waals surface area contributed by atoms with Crippen molar-refractivity contribution in [2.24, 2.45) is 5.92 Å². The molecule has 1 rings (SSSR count). The maximum atomic E-state index is 11.2. The van der Waals surface area contributed by atoms with Gasteiger partial charge in [-0.25, -0.2) is 0 Å². The van der Waals surface area contributed by atoms with Gasteiger partial charge in [-0.15, -0.1) is 0 Å². The van der Waals surface area contributed by atoms with Gasteiger partial charge in [0.25, 0.3) is 0 Å². The van der Waals surface area contributed by atoms with Gasteiger partial charge in [0.1, 0.15) is 0 Å². The molecule has 1 N–H and O–H groups in total. The Kier molecular flexibility index (Phi) is 3.53. The van der Waals surface area contributed by atoms with Gasteiger partial charge in [-0.05, 0) is 19.8 Å². The maximum absolute atomic E-state index is 11.2. The van der Waals surface area contributed by atoms with E-state index in [1.54, 1.807) is 6.92 Å². The topological polar surface area (TPSA) is 46.5 Å². The molecule has 0 aliphatic heterocycles. The average Bonchev–Trinajstić information content (AvgIpc) is 2.05. The molecule has 12 heavy (non-hydrogen) atoms. The van der Waals surface area contributed by atoms with Gasteiger partial charge in [-0.3, -0.25) is 4.79 Å². The minimum absolute atomic E-state index is 0.232. The lowest BCUT2D eigenvalue weighted by molar-refractivity contribution is -0.153. The second-order valence-corrected chi connectivity index (χ2v) is 3.21. The third kappa shape index (κ3) is 2.21. The zero-order chi connectivity index (χ0) is 8.97. The molecule has 0 aromatic rings. The third-order valence-electron chi connectivity index (χ3n) is 2.32. The van der Waals surface area contributed by atoms with Crippen LogP contribution in [0.4, 0.5) is 0 Å². The van der Waals surface area contributed by atoms with Crippen LogP contribution in [0.2, 0.25) is 0 Å². The Balaban J connectivity index is 2.42. The van der Waals surface area contributed by atoms with Gasteiger partial charge >= 0.3 is 5.97 Å². The minimum atomic E-state index is -0.474. The Morgan fingerprint density at radius 1 is 1.50 bits per heavy atom. The molecule has 0 aromatic carbocycles. The number of ether oxygens (including phenoxy) is 1.